The van der Waals surface area contributed by atoms with Gasteiger partial charge in [0.05, 0.1) is 33.0 Å². The number of ether oxygens (including phenoxy) is 3. The molecule has 0 saturated carbocycles. The van der Waals surface area contributed by atoms with Crippen LogP contribution >= 0.6 is 0 Å². The molecule has 1 atom stereocenters. The molecule has 1 unspecified atom stereocenters. The van der Waals surface area contributed by atoms with Gasteiger partial charge in [0.2, 0.25) is 0 Å². The molecule has 1 aliphatic rings. The molecule has 108 valence electrons. The van der Waals surface area contributed by atoms with Gasteiger partial charge >= 0.3 is 0 Å². The van der Waals surface area contributed by atoms with Gasteiger partial charge in [0.1, 0.15) is 5.75 Å². The van der Waals surface area contributed by atoms with Crippen molar-refractivity contribution in [3.8, 4) is 17.6 Å². The number of hydrogen-bond donors (Lipinski definition) is 1. The van der Waals surface area contributed by atoms with Gasteiger partial charge in [-0.1, -0.05) is 11.8 Å². The molecular formula is C16H20O4. The fourth-order valence-corrected chi connectivity index (χ4v) is 2.00. The Kier molecular flexibility index (Phi) is 5.87. The summed E-state index contributed by atoms with van der Waals surface area (Å²) in [7, 11) is 1.64. The van der Waals surface area contributed by atoms with Crippen LogP contribution in [-0.4, -0.2) is 38.1 Å². The van der Waals surface area contributed by atoms with E-state index in [1.165, 1.54) is 0 Å². The fraction of sp³-hybridized carbons (Fsp3) is 0.500. The Bertz CT molecular complexity index is 481. The van der Waals surface area contributed by atoms with E-state index < -0.39 is 0 Å². The summed E-state index contributed by atoms with van der Waals surface area (Å²) in [4.78, 5) is 0. The third-order valence-corrected chi connectivity index (χ3v) is 3.13. The highest BCUT2D eigenvalue weighted by Crippen LogP contribution is 2.20. The molecule has 0 spiro atoms. The van der Waals surface area contributed by atoms with Crippen molar-refractivity contribution in [1.29, 1.82) is 0 Å². The van der Waals surface area contributed by atoms with E-state index in [2.05, 4.69) is 11.8 Å². The van der Waals surface area contributed by atoms with Crippen LogP contribution in [0.15, 0.2) is 18.2 Å². The molecular weight excluding hydrogens is 256 g/mol. The Hall–Kier alpha value is -1.54. The number of hydrogen-bond acceptors (Lipinski definition) is 4. The normalized spacial score (nSPS) is 17.6. The lowest BCUT2D eigenvalue weighted by Crippen LogP contribution is -2.12. The minimum absolute atomic E-state index is 0.0778. The van der Waals surface area contributed by atoms with Crippen molar-refractivity contribution in [2.75, 3.05) is 26.9 Å². The average molecular weight is 276 g/mol. The van der Waals surface area contributed by atoms with Crippen LogP contribution in [0.5, 0.6) is 5.75 Å². The molecule has 20 heavy (non-hydrogen) atoms. The molecule has 0 bridgehead atoms. The van der Waals surface area contributed by atoms with E-state index in [0.717, 1.165) is 29.9 Å². The van der Waals surface area contributed by atoms with Gasteiger partial charge in [0, 0.05) is 18.6 Å². The van der Waals surface area contributed by atoms with Crippen molar-refractivity contribution in [2.24, 2.45) is 0 Å². The molecule has 1 saturated heterocycles. The first-order valence-electron chi connectivity index (χ1n) is 6.79. The zero-order valence-corrected chi connectivity index (χ0v) is 11.7. The summed E-state index contributed by atoms with van der Waals surface area (Å²) >= 11 is 0. The zero-order valence-electron chi connectivity index (χ0n) is 11.7. The van der Waals surface area contributed by atoms with Crippen molar-refractivity contribution in [1.82, 2.24) is 0 Å². The molecule has 1 aromatic rings. The number of aliphatic hydroxyl groups excluding tert-OH is 1. The highest BCUT2D eigenvalue weighted by atomic mass is 16.5. The van der Waals surface area contributed by atoms with Gasteiger partial charge in [0.15, 0.2) is 0 Å². The highest BCUT2D eigenvalue weighted by molar-refractivity contribution is 5.45. The Morgan fingerprint density at radius 2 is 2.35 bits per heavy atom. The third-order valence-electron chi connectivity index (χ3n) is 3.13. The van der Waals surface area contributed by atoms with Crippen molar-refractivity contribution in [3.05, 3.63) is 29.3 Å². The largest absolute Gasteiger partial charge is 0.497 e. The van der Waals surface area contributed by atoms with E-state index in [1.54, 1.807) is 7.11 Å². The van der Waals surface area contributed by atoms with E-state index in [0.29, 0.717) is 19.6 Å². The van der Waals surface area contributed by atoms with Gasteiger partial charge in [-0.05, 0) is 30.2 Å². The van der Waals surface area contributed by atoms with Crippen LogP contribution in [-0.2, 0) is 16.1 Å². The van der Waals surface area contributed by atoms with Gasteiger partial charge in [0.25, 0.3) is 0 Å². The maximum absolute atomic E-state index is 8.78. The first kappa shape index (κ1) is 14.9. The number of rotatable bonds is 5. The molecule has 4 nitrogen and oxygen atoms in total. The Labute approximate surface area is 119 Å². The second-order valence-corrected chi connectivity index (χ2v) is 4.60. The summed E-state index contributed by atoms with van der Waals surface area (Å²) in [6.07, 6.45) is 1.58. The van der Waals surface area contributed by atoms with Crippen LogP contribution in [0.1, 0.15) is 24.0 Å². The van der Waals surface area contributed by atoms with Gasteiger partial charge in [-0.3, -0.25) is 0 Å². The molecule has 1 N–H and O–H groups in total. The second-order valence-electron chi connectivity index (χ2n) is 4.60. The number of methoxy groups -OCH3 is 1. The van der Waals surface area contributed by atoms with Crippen LogP contribution in [0.25, 0.3) is 0 Å². The Balaban J connectivity index is 2.07. The van der Waals surface area contributed by atoms with Gasteiger partial charge in [-0.15, -0.1) is 0 Å². The van der Waals surface area contributed by atoms with Crippen LogP contribution in [0, 0.1) is 11.8 Å². The standard InChI is InChI=1S/C16H20O4/c1-18-15-6-5-13(4-2-3-8-17)14(10-15)11-20-16-7-9-19-12-16/h5-6,10,16-17H,3,7-9,11-12H2,1H3. The molecule has 0 aliphatic carbocycles. The van der Waals surface area contributed by atoms with Crippen LogP contribution in [0.2, 0.25) is 0 Å². The summed E-state index contributed by atoms with van der Waals surface area (Å²) in [5, 5.41) is 8.78. The van der Waals surface area contributed by atoms with E-state index in [1.807, 2.05) is 18.2 Å². The highest BCUT2D eigenvalue weighted by Gasteiger charge is 2.16. The van der Waals surface area contributed by atoms with Gasteiger partial charge in [-0.2, -0.15) is 0 Å². The monoisotopic (exact) mass is 276 g/mol. The molecule has 0 amide bonds. The molecule has 1 aliphatic heterocycles. The van der Waals surface area contributed by atoms with Crippen LogP contribution in [0.4, 0.5) is 0 Å². The van der Waals surface area contributed by atoms with Crippen molar-refractivity contribution >= 4 is 0 Å². The molecule has 4 heteroatoms. The van der Waals surface area contributed by atoms with Gasteiger partial charge < -0.3 is 19.3 Å². The minimum Gasteiger partial charge on any atom is -0.497 e. The summed E-state index contributed by atoms with van der Waals surface area (Å²) in [6.45, 7) is 2.00. The molecule has 0 aromatic heterocycles. The minimum atomic E-state index is 0.0778. The SMILES string of the molecule is COc1ccc(C#CCCO)c(COC2CCOC2)c1. The second kappa shape index (κ2) is 7.91. The van der Waals surface area contributed by atoms with Crippen molar-refractivity contribution in [2.45, 2.75) is 25.6 Å². The maximum Gasteiger partial charge on any atom is 0.119 e. The van der Waals surface area contributed by atoms with E-state index in [-0.39, 0.29) is 12.7 Å². The van der Waals surface area contributed by atoms with E-state index >= 15 is 0 Å². The molecule has 1 aromatic carbocycles. The van der Waals surface area contributed by atoms with Crippen molar-refractivity contribution in [3.63, 3.8) is 0 Å². The summed E-state index contributed by atoms with van der Waals surface area (Å²) in [6, 6.07) is 5.75. The van der Waals surface area contributed by atoms with Crippen LogP contribution in [0.3, 0.4) is 0 Å². The first-order chi connectivity index (χ1) is 9.83. The predicted molar refractivity (Wildman–Crippen MR) is 75.6 cm³/mol. The number of benzene rings is 1. The van der Waals surface area contributed by atoms with Gasteiger partial charge in [-0.25, -0.2) is 0 Å². The first-order valence-corrected chi connectivity index (χ1v) is 6.79. The van der Waals surface area contributed by atoms with E-state index in [9.17, 15) is 0 Å². The topological polar surface area (TPSA) is 47.9 Å². The average Bonchev–Trinajstić information content (AvgIpc) is 2.99. The predicted octanol–water partition coefficient (Wildman–Crippen LogP) is 1.73. The Morgan fingerprint density at radius 1 is 1.45 bits per heavy atom. The fourth-order valence-electron chi connectivity index (χ4n) is 2.00. The lowest BCUT2D eigenvalue weighted by molar-refractivity contribution is 0.0316. The smallest absolute Gasteiger partial charge is 0.119 e. The molecule has 1 heterocycles. The third kappa shape index (κ3) is 4.24. The molecule has 1 fully saturated rings. The van der Waals surface area contributed by atoms with E-state index in [4.69, 9.17) is 19.3 Å². The Morgan fingerprint density at radius 3 is 3.05 bits per heavy atom. The molecule has 0 radical (unpaired) electrons. The summed E-state index contributed by atoms with van der Waals surface area (Å²) < 4.78 is 16.4. The lowest BCUT2D eigenvalue weighted by atomic mass is 10.1. The number of aliphatic hydroxyl groups is 1. The van der Waals surface area contributed by atoms with Crippen LogP contribution < -0.4 is 4.74 Å². The summed E-state index contributed by atoms with van der Waals surface area (Å²) in [5.74, 6) is 6.79. The lowest BCUT2D eigenvalue weighted by Gasteiger charge is -2.12. The molecule has 2 rings (SSSR count). The maximum atomic E-state index is 8.78. The van der Waals surface area contributed by atoms with Crippen molar-refractivity contribution < 1.29 is 19.3 Å². The summed E-state index contributed by atoms with van der Waals surface area (Å²) in [5.41, 5.74) is 1.92. The zero-order chi connectivity index (χ0) is 14.2. The quantitative estimate of drug-likeness (QED) is 0.832.